The highest BCUT2D eigenvalue weighted by atomic mass is 32.1. The summed E-state index contributed by atoms with van der Waals surface area (Å²) in [5, 5.41) is 0. The summed E-state index contributed by atoms with van der Waals surface area (Å²) in [5.41, 5.74) is 8.14. The van der Waals surface area contributed by atoms with E-state index in [-0.39, 0.29) is 0 Å². The number of fused-ring (bicyclic) bond motifs is 2. The SMILES string of the molecule is Cc1sc2ncc(N)n2c1-c1ccc2c(c1)OCCO2. The molecule has 0 amide bonds. The predicted molar refractivity (Wildman–Crippen MR) is 78.6 cm³/mol. The third kappa shape index (κ3) is 1.58. The summed E-state index contributed by atoms with van der Waals surface area (Å²) >= 11 is 1.63. The Labute approximate surface area is 119 Å². The van der Waals surface area contributed by atoms with Crippen LogP contribution in [-0.4, -0.2) is 22.6 Å². The lowest BCUT2D eigenvalue weighted by atomic mass is 10.1. The zero-order valence-corrected chi connectivity index (χ0v) is 11.7. The molecule has 0 fully saturated rings. The van der Waals surface area contributed by atoms with Gasteiger partial charge in [-0.1, -0.05) is 0 Å². The number of nitrogens with zero attached hydrogens (tertiary/aromatic N) is 2. The molecule has 5 nitrogen and oxygen atoms in total. The summed E-state index contributed by atoms with van der Waals surface area (Å²) in [7, 11) is 0. The normalized spacial score (nSPS) is 13.8. The van der Waals surface area contributed by atoms with E-state index in [1.54, 1.807) is 17.5 Å². The van der Waals surface area contributed by atoms with Crippen molar-refractivity contribution in [2.45, 2.75) is 6.92 Å². The van der Waals surface area contributed by atoms with E-state index in [2.05, 4.69) is 11.9 Å². The van der Waals surface area contributed by atoms with Gasteiger partial charge < -0.3 is 15.2 Å². The number of aromatic nitrogens is 2. The number of nitrogen functional groups attached to an aromatic ring is 1. The first-order valence-electron chi connectivity index (χ1n) is 6.36. The molecule has 0 unspecified atom stereocenters. The Morgan fingerprint density at radius 3 is 2.90 bits per heavy atom. The molecule has 4 rings (SSSR count). The van der Waals surface area contributed by atoms with Crippen molar-refractivity contribution in [1.29, 1.82) is 0 Å². The minimum atomic E-state index is 0.585. The highest BCUT2D eigenvalue weighted by Gasteiger charge is 2.18. The van der Waals surface area contributed by atoms with Crippen molar-refractivity contribution in [2.24, 2.45) is 0 Å². The van der Waals surface area contributed by atoms with E-state index in [4.69, 9.17) is 15.2 Å². The van der Waals surface area contributed by atoms with Gasteiger partial charge >= 0.3 is 0 Å². The molecule has 0 saturated heterocycles. The number of hydrogen-bond donors (Lipinski definition) is 1. The second-order valence-electron chi connectivity index (χ2n) is 4.67. The first kappa shape index (κ1) is 11.6. The Balaban J connectivity index is 1.94. The zero-order chi connectivity index (χ0) is 13.7. The standard InChI is InChI=1S/C14H13N3O2S/c1-8-13(17-12(15)7-16-14(17)20-8)9-2-3-10-11(6-9)19-5-4-18-10/h2-3,6-7H,4-5,15H2,1H3. The van der Waals surface area contributed by atoms with Gasteiger partial charge in [-0.3, -0.25) is 4.40 Å². The summed E-state index contributed by atoms with van der Waals surface area (Å²) in [6, 6.07) is 5.98. The Bertz CT molecular complexity index is 806. The van der Waals surface area contributed by atoms with Crippen LogP contribution in [0.2, 0.25) is 0 Å². The Kier molecular flexibility index (Phi) is 2.40. The number of imidazole rings is 1. The fourth-order valence-corrected chi connectivity index (χ4v) is 3.48. The molecule has 2 aromatic heterocycles. The van der Waals surface area contributed by atoms with Gasteiger partial charge in [-0.25, -0.2) is 4.98 Å². The van der Waals surface area contributed by atoms with Crippen LogP contribution in [0.4, 0.5) is 5.82 Å². The average molecular weight is 287 g/mol. The van der Waals surface area contributed by atoms with Gasteiger partial charge in [0.25, 0.3) is 0 Å². The number of nitrogens with two attached hydrogens (primary N) is 1. The minimum absolute atomic E-state index is 0.585. The fourth-order valence-electron chi connectivity index (χ4n) is 2.51. The number of anilines is 1. The van der Waals surface area contributed by atoms with Crippen molar-refractivity contribution >= 4 is 22.1 Å². The smallest absolute Gasteiger partial charge is 0.196 e. The molecule has 2 N–H and O–H groups in total. The molecule has 102 valence electrons. The molecule has 0 aliphatic carbocycles. The third-order valence-electron chi connectivity index (χ3n) is 3.37. The molecule has 1 aliphatic heterocycles. The lowest BCUT2D eigenvalue weighted by molar-refractivity contribution is 0.171. The van der Waals surface area contributed by atoms with Crippen molar-refractivity contribution in [2.75, 3.05) is 18.9 Å². The number of ether oxygens (including phenoxy) is 2. The lowest BCUT2D eigenvalue weighted by Crippen LogP contribution is -2.15. The van der Waals surface area contributed by atoms with Crippen LogP contribution in [0.15, 0.2) is 24.4 Å². The number of benzene rings is 1. The van der Waals surface area contributed by atoms with Crippen molar-refractivity contribution in [3.05, 3.63) is 29.3 Å². The minimum Gasteiger partial charge on any atom is -0.486 e. The van der Waals surface area contributed by atoms with Crippen LogP contribution in [0, 0.1) is 6.92 Å². The van der Waals surface area contributed by atoms with E-state index in [1.807, 2.05) is 22.6 Å². The monoisotopic (exact) mass is 287 g/mol. The first-order chi connectivity index (χ1) is 9.74. The van der Waals surface area contributed by atoms with Gasteiger partial charge in [-0.15, -0.1) is 11.3 Å². The maximum absolute atomic E-state index is 6.02. The molecule has 20 heavy (non-hydrogen) atoms. The predicted octanol–water partition coefficient (Wildman–Crippen LogP) is 2.72. The first-order valence-corrected chi connectivity index (χ1v) is 7.18. The molecule has 0 spiro atoms. The second kappa shape index (κ2) is 4.14. The van der Waals surface area contributed by atoms with E-state index in [1.165, 1.54) is 4.88 Å². The lowest BCUT2D eigenvalue weighted by Gasteiger charge is -2.19. The molecule has 0 radical (unpaired) electrons. The largest absolute Gasteiger partial charge is 0.486 e. The van der Waals surface area contributed by atoms with Gasteiger partial charge in [0, 0.05) is 10.4 Å². The highest BCUT2D eigenvalue weighted by molar-refractivity contribution is 7.17. The molecule has 0 atom stereocenters. The Hall–Kier alpha value is -2.21. The molecule has 3 aromatic rings. The van der Waals surface area contributed by atoms with E-state index in [9.17, 15) is 0 Å². The van der Waals surface area contributed by atoms with E-state index in [0.717, 1.165) is 27.7 Å². The van der Waals surface area contributed by atoms with Crippen molar-refractivity contribution < 1.29 is 9.47 Å². The molecule has 6 heteroatoms. The maximum Gasteiger partial charge on any atom is 0.196 e. The van der Waals surface area contributed by atoms with Gasteiger partial charge in [0.15, 0.2) is 16.5 Å². The van der Waals surface area contributed by atoms with Crippen molar-refractivity contribution in [3.8, 4) is 22.8 Å². The van der Waals surface area contributed by atoms with Crippen LogP contribution in [-0.2, 0) is 0 Å². The van der Waals surface area contributed by atoms with E-state index >= 15 is 0 Å². The van der Waals surface area contributed by atoms with Crippen molar-refractivity contribution in [3.63, 3.8) is 0 Å². The average Bonchev–Trinajstić information content (AvgIpc) is 2.97. The fraction of sp³-hybridized carbons (Fsp3) is 0.214. The number of aryl methyl sites for hydroxylation is 1. The molecular formula is C14H13N3O2S. The zero-order valence-electron chi connectivity index (χ0n) is 10.9. The Morgan fingerprint density at radius 1 is 1.25 bits per heavy atom. The summed E-state index contributed by atoms with van der Waals surface area (Å²) in [6.45, 7) is 3.26. The molecule has 0 bridgehead atoms. The van der Waals surface area contributed by atoms with E-state index in [0.29, 0.717) is 19.0 Å². The number of hydrogen-bond acceptors (Lipinski definition) is 5. The van der Waals surface area contributed by atoms with Crippen LogP contribution in [0.3, 0.4) is 0 Å². The summed E-state index contributed by atoms with van der Waals surface area (Å²) in [4.78, 5) is 6.40. The number of thiazole rings is 1. The topological polar surface area (TPSA) is 61.8 Å². The maximum atomic E-state index is 6.02. The molecule has 1 aliphatic rings. The van der Waals surface area contributed by atoms with Crippen LogP contribution in [0.1, 0.15) is 4.88 Å². The van der Waals surface area contributed by atoms with Crippen LogP contribution in [0.5, 0.6) is 11.5 Å². The van der Waals surface area contributed by atoms with Crippen molar-refractivity contribution in [1.82, 2.24) is 9.38 Å². The quantitative estimate of drug-likeness (QED) is 0.747. The summed E-state index contributed by atoms with van der Waals surface area (Å²) in [6.07, 6.45) is 1.69. The molecule has 3 heterocycles. The second-order valence-corrected chi connectivity index (χ2v) is 5.85. The highest BCUT2D eigenvalue weighted by Crippen LogP contribution is 2.38. The summed E-state index contributed by atoms with van der Waals surface area (Å²) in [5.74, 6) is 2.23. The Morgan fingerprint density at radius 2 is 2.05 bits per heavy atom. The third-order valence-corrected chi connectivity index (χ3v) is 4.34. The molecule has 0 saturated carbocycles. The van der Waals surface area contributed by atoms with Gasteiger partial charge in [0.2, 0.25) is 0 Å². The van der Waals surface area contributed by atoms with Crippen LogP contribution in [0.25, 0.3) is 16.2 Å². The van der Waals surface area contributed by atoms with E-state index < -0.39 is 0 Å². The van der Waals surface area contributed by atoms with Crippen LogP contribution < -0.4 is 15.2 Å². The van der Waals surface area contributed by atoms with Gasteiger partial charge in [0.05, 0.1) is 11.9 Å². The van der Waals surface area contributed by atoms with Gasteiger partial charge in [-0.2, -0.15) is 0 Å². The summed E-state index contributed by atoms with van der Waals surface area (Å²) < 4.78 is 13.2. The van der Waals surface area contributed by atoms with Gasteiger partial charge in [-0.05, 0) is 25.1 Å². The molecule has 1 aromatic carbocycles. The van der Waals surface area contributed by atoms with Crippen LogP contribution >= 0.6 is 11.3 Å². The van der Waals surface area contributed by atoms with Gasteiger partial charge in [0.1, 0.15) is 19.0 Å². The molecular weight excluding hydrogens is 274 g/mol. The number of rotatable bonds is 1.